The lowest BCUT2D eigenvalue weighted by atomic mass is 10.1. The van der Waals surface area contributed by atoms with Gasteiger partial charge in [0.25, 0.3) is 0 Å². The standard InChI is InChI=1S/C8H9NO2.C4H9NO/c1-2-7-6(8(10)11)4-3-5-9-7;1-3-6-4-2-5-1/h3-5H,2H2,1H3,(H,10,11);5H,1-4H2. The van der Waals surface area contributed by atoms with E-state index in [-0.39, 0.29) is 5.56 Å². The number of hydrogen-bond donors (Lipinski definition) is 1. The maximum atomic E-state index is 10.4. The van der Waals surface area contributed by atoms with Gasteiger partial charge in [-0.15, -0.1) is 0 Å². The number of quaternary nitrogens is 1. The number of rotatable bonds is 2. The first kappa shape index (κ1) is 13.6. The number of carbonyl (C=O) groups excluding carboxylic acids is 1. The average molecular weight is 238 g/mol. The van der Waals surface area contributed by atoms with Gasteiger partial charge < -0.3 is 20.0 Å². The molecule has 0 saturated carbocycles. The number of aromatic nitrogens is 1. The summed E-state index contributed by atoms with van der Waals surface area (Å²) in [5, 5.41) is 12.7. The van der Waals surface area contributed by atoms with Crippen molar-refractivity contribution in [3.05, 3.63) is 29.6 Å². The van der Waals surface area contributed by atoms with Crippen LogP contribution in [0.15, 0.2) is 18.3 Å². The molecule has 1 saturated heterocycles. The van der Waals surface area contributed by atoms with Crippen LogP contribution in [0.2, 0.25) is 0 Å². The summed E-state index contributed by atoms with van der Waals surface area (Å²) in [7, 11) is 0. The van der Waals surface area contributed by atoms with Crippen LogP contribution in [0.1, 0.15) is 23.0 Å². The number of nitrogens with zero attached hydrogens (tertiary/aromatic N) is 1. The molecule has 0 amide bonds. The van der Waals surface area contributed by atoms with Gasteiger partial charge >= 0.3 is 0 Å². The zero-order chi connectivity index (χ0) is 12.5. The van der Waals surface area contributed by atoms with Gasteiger partial charge in [-0.2, -0.15) is 0 Å². The molecule has 0 atom stereocenters. The van der Waals surface area contributed by atoms with Gasteiger partial charge in [0.05, 0.1) is 32.3 Å². The number of carboxylic acid groups (broad SMARTS) is 1. The summed E-state index contributed by atoms with van der Waals surface area (Å²) < 4.78 is 5.04. The first-order valence-electron chi connectivity index (χ1n) is 5.80. The van der Waals surface area contributed by atoms with Crippen molar-refractivity contribution < 1.29 is 20.0 Å². The van der Waals surface area contributed by atoms with E-state index >= 15 is 0 Å². The van der Waals surface area contributed by atoms with Gasteiger partial charge in [-0.25, -0.2) is 0 Å². The van der Waals surface area contributed by atoms with E-state index in [0.717, 1.165) is 26.3 Å². The molecule has 0 aromatic carbocycles. The quantitative estimate of drug-likeness (QED) is 0.686. The van der Waals surface area contributed by atoms with Crippen LogP contribution in [0.5, 0.6) is 0 Å². The van der Waals surface area contributed by atoms with Crippen molar-refractivity contribution in [3.63, 3.8) is 0 Å². The molecular weight excluding hydrogens is 220 g/mol. The second kappa shape index (κ2) is 7.76. The summed E-state index contributed by atoms with van der Waals surface area (Å²) in [5.41, 5.74) is 0.766. The first-order chi connectivity index (χ1) is 8.25. The van der Waals surface area contributed by atoms with E-state index < -0.39 is 5.97 Å². The van der Waals surface area contributed by atoms with Crippen molar-refractivity contribution in [1.29, 1.82) is 0 Å². The number of aryl methyl sites for hydroxylation is 1. The maximum Gasteiger partial charge on any atom is 0.0993 e. The molecule has 1 aliphatic heterocycles. The summed E-state index contributed by atoms with van der Waals surface area (Å²) in [5.74, 6) is -1.16. The van der Waals surface area contributed by atoms with E-state index in [1.54, 1.807) is 12.3 Å². The number of aromatic carboxylic acids is 1. The Morgan fingerprint density at radius 3 is 2.59 bits per heavy atom. The molecule has 17 heavy (non-hydrogen) atoms. The highest BCUT2D eigenvalue weighted by atomic mass is 16.5. The van der Waals surface area contributed by atoms with Crippen LogP contribution in [-0.2, 0) is 11.2 Å². The molecule has 1 aliphatic rings. The van der Waals surface area contributed by atoms with Crippen molar-refractivity contribution >= 4 is 5.97 Å². The molecule has 0 bridgehead atoms. The van der Waals surface area contributed by atoms with Gasteiger partial charge in [0.15, 0.2) is 0 Å². The van der Waals surface area contributed by atoms with E-state index in [4.69, 9.17) is 4.74 Å². The Morgan fingerprint density at radius 1 is 1.53 bits per heavy atom. The maximum absolute atomic E-state index is 10.4. The fraction of sp³-hybridized carbons (Fsp3) is 0.500. The first-order valence-corrected chi connectivity index (χ1v) is 5.80. The minimum Gasteiger partial charge on any atom is -0.545 e. The zero-order valence-corrected chi connectivity index (χ0v) is 10.0. The number of pyridine rings is 1. The lowest BCUT2D eigenvalue weighted by Gasteiger charge is -2.07. The molecule has 94 valence electrons. The Kier molecular flexibility index (Phi) is 6.21. The second-order valence-corrected chi connectivity index (χ2v) is 3.62. The van der Waals surface area contributed by atoms with Crippen LogP contribution in [0.25, 0.3) is 0 Å². The van der Waals surface area contributed by atoms with Crippen molar-refractivity contribution in [2.24, 2.45) is 0 Å². The molecule has 1 aromatic rings. The molecule has 2 heterocycles. The molecule has 1 fully saturated rings. The molecule has 2 N–H and O–H groups in total. The van der Waals surface area contributed by atoms with Gasteiger partial charge in [0.2, 0.25) is 0 Å². The number of carboxylic acids is 1. The second-order valence-electron chi connectivity index (χ2n) is 3.62. The lowest BCUT2D eigenvalue weighted by molar-refractivity contribution is -0.670. The Labute approximate surface area is 101 Å². The predicted octanol–water partition coefficient (Wildman–Crippen LogP) is -1.41. The largest absolute Gasteiger partial charge is 0.545 e. The third-order valence-corrected chi connectivity index (χ3v) is 2.38. The molecule has 5 nitrogen and oxygen atoms in total. The third kappa shape index (κ3) is 4.93. The van der Waals surface area contributed by atoms with Crippen molar-refractivity contribution in [2.45, 2.75) is 13.3 Å². The molecule has 5 heteroatoms. The smallest absolute Gasteiger partial charge is 0.0993 e. The Bertz CT molecular complexity index is 340. The molecular formula is C12H18N2O3. The zero-order valence-electron chi connectivity index (χ0n) is 10.0. The molecule has 1 aromatic heterocycles. The van der Waals surface area contributed by atoms with Crippen LogP contribution in [0.4, 0.5) is 0 Å². The fourth-order valence-electron chi connectivity index (χ4n) is 1.49. The summed E-state index contributed by atoms with van der Waals surface area (Å²) in [6.07, 6.45) is 2.19. The Morgan fingerprint density at radius 2 is 2.24 bits per heavy atom. The fourth-order valence-corrected chi connectivity index (χ4v) is 1.49. The van der Waals surface area contributed by atoms with Crippen LogP contribution >= 0.6 is 0 Å². The summed E-state index contributed by atoms with van der Waals surface area (Å²) in [4.78, 5) is 14.3. The minimum atomic E-state index is -1.16. The number of carbonyl (C=O) groups is 1. The van der Waals surface area contributed by atoms with E-state index in [0.29, 0.717) is 12.1 Å². The minimum absolute atomic E-state index is 0.190. The Balaban J connectivity index is 0.000000202. The number of morpholine rings is 1. The van der Waals surface area contributed by atoms with Crippen LogP contribution in [0, 0.1) is 0 Å². The van der Waals surface area contributed by atoms with Crippen LogP contribution in [0.3, 0.4) is 0 Å². The normalized spacial score (nSPS) is 14.6. The summed E-state index contributed by atoms with van der Waals surface area (Å²) in [6.45, 7) is 6.05. The van der Waals surface area contributed by atoms with Gasteiger partial charge in [-0.05, 0) is 18.6 Å². The van der Waals surface area contributed by atoms with Gasteiger partial charge in [0, 0.05) is 17.5 Å². The van der Waals surface area contributed by atoms with E-state index in [9.17, 15) is 9.90 Å². The van der Waals surface area contributed by atoms with Gasteiger partial charge in [-0.3, -0.25) is 4.98 Å². The van der Waals surface area contributed by atoms with Crippen molar-refractivity contribution in [1.82, 2.24) is 4.98 Å². The lowest BCUT2D eigenvalue weighted by Crippen LogP contribution is -2.87. The number of ether oxygens (including phenoxy) is 1. The van der Waals surface area contributed by atoms with Gasteiger partial charge in [0.1, 0.15) is 0 Å². The monoisotopic (exact) mass is 238 g/mol. The molecule has 0 radical (unpaired) electrons. The SMILES string of the molecule is C1COCC[NH2+]1.CCc1ncccc1C(=O)[O-]. The number of hydrogen-bond acceptors (Lipinski definition) is 4. The topological polar surface area (TPSA) is 78.9 Å². The Hall–Kier alpha value is -1.46. The summed E-state index contributed by atoms with van der Waals surface area (Å²) in [6, 6.07) is 3.09. The molecule has 2 rings (SSSR count). The number of nitrogens with two attached hydrogens (primary N) is 1. The van der Waals surface area contributed by atoms with Crippen LogP contribution < -0.4 is 10.4 Å². The van der Waals surface area contributed by atoms with E-state index in [1.807, 2.05) is 6.92 Å². The molecule has 0 unspecified atom stereocenters. The third-order valence-electron chi connectivity index (χ3n) is 2.38. The van der Waals surface area contributed by atoms with E-state index in [2.05, 4.69) is 10.3 Å². The van der Waals surface area contributed by atoms with Crippen molar-refractivity contribution in [2.75, 3.05) is 26.3 Å². The van der Waals surface area contributed by atoms with Crippen LogP contribution in [-0.4, -0.2) is 37.3 Å². The van der Waals surface area contributed by atoms with Crippen molar-refractivity contribution in [3.8, 4) is 0 Å². The predicted molar refractivity (Wildman–Crippen MR) is 60.4 cm³/mol. The van der Waals surface area contributed by atoms with Gasteiger partial charge in [-0.1, -0.05) is 6.92 Å². The average Bonchev–Trinajstić information content (AvgIpc) is 2.41. The molecule has 0 aliphatic carbocycles. The highest BCUT2D eigenvalue weighted by Gasteiger charge is 1.99. The highest BCUT2D eigenvalue weighted by Crippen LogP contribution is 2.03. The highest BCUT2D eigenvalue weighted by molar-refractivity contribution is 5.86. The van der Waals surface area contributed by atoms with E-state index in [1.165, 1.54) is 6.07 Å². The summed E-state index contributed by atoms with van der Waals surface area (Å²) >= 11 is 0. The molecule has 0 spiro atoms.